The molecule has 0 aromatic heterocycles. The summed E-state index contributed by atoms with van der Waals surface area (Å²) in [7, 11) is 0. The number of benzene rings is 2. The average Bonchev–Trinajstić information content (AvgIpc) is 2.92. The van der Waals surface area contributed by atoms with E-state index in [9.17, 15) is 9.18 Å². The van der Waals surface area contributed by atoms with Crippen LogP contribution in [0.15, 0.2) is 42.5 Å². The zero-order valence-corrected chi connectivity index (χ0v) is 15.9. The van der Waals surface area contributed by atoms with E-state index in [0.717, 1.165) is 29.0 Å². The van der Waals surface area contributed by atoms with Crippen molar-refractivity contribution in [2.45, 2.75) is 39.2 Å². The molecule has 5 heteroatoms. The summed E-state index contributed by atoms with van der Waals surface area (Å²) in [6.07, 6.45) is 1.93. The van der Waals surface area contributed by atoms with E-state index in [4.69, 9.17) is 9.47 Å². The van der Waals surface area contributed by atoms with Crippen LogP contribution in [0.3, 0.4) is 0 Å². The first-order valence-electron chi connectivity index (χ1n) is 9.52. The third-order valence-electron chi connectivity index (χ3n) is 4.92. The molecule has 4 nitrogen and oxygen atoms in total. The second-order valence-corrected chi connectivity index (χ2v) is 6.74. The van der Waals surface area contributed by atoms with E-state index in [0.29, 0.717) is 32.6 Å². The number of fused-ring (bicyclic) bond motifs is 1. The Labute approximate surface area is 159 Å². The number of amides is 1. The van der Waals surface area contributed by atoms with E-state index in [-0.39, 0.29) is 17.8 Å². The Balaban J connectivity index is 1.63. The van der Waals surface area contributed by atoms with Crippen LogP contribution in [0.1, 0.15) is 43.9 Å². The first kappa shape index (κ1) is 19.2. The molecule has 0 bridgehead atoms. The van der Waals surface area contributed by atoms with Gasteiger partial charge < -0.3 is 14.4 Å². The van der Waals surface area contributed by atoms with Crippen LogP contribution < -0.4 is 9.47 Å². The number of carbonyl (C=O) groups excluding carboxylic acids is 1. The first-order valence-corrected chi connectivity index (χ1v) is 9.52. The van der Waals surface area contributed by atoms with Crippen LogP contribution in [-0.2, 0) is 11.2 Å². The van der Waals surface area contributed by atoms with Gasteiger partial charge >= 0.3 is 0 Å². The van der Waals surface area contributed by atoms with Crippen molar-refractivity contribution in [3.05, 3.63) is 59.4 Å². The first-order chi connectivity index (χ1) is 13.1. The second kappa shape index (κ2) is 8.89. The number of hydrogen-bond acceptors (Lipinski definition) is 3. The van der Waals surface area contributed by atoms with Gasteiger partial charge in [-0.25, -0.2) is 4.39 Å². The molecule has 1 aliphatic rings. The summed E-state index contributed by atoms with van der Waals surface area (Å²) < 4.78 is 24.5. The van der Waals surface area contributed by atoms with E-state index in [2.05, 4.69) is 0 Å². The van der Waals surface area contributed by atoms with Crippen molar-refractivity contribution in [2.75, 3.05) is 19.8 Å². The zero-order chi connectivity index (χ0) is 19.2. The molecule has 0 fully saturated rings. The summed E-state index contributed by atoms with van der Waals surface area (Å²) in [6.45, 7) is 5.86. The maximum Gasteiger partial charge on any atom is 0.223 e. The van der Waals surface area contributed by atoms with Gasteiger partial charge in [-0.05, 0) is 55.7 Å². The summed E-state index contributed by atoms with van der Waals surface area (Å²) in [4.78, 5) is 14.6. The summed E-state index contributed by atoms with van der Waals surface area (Å²) >= 11 is 0. The summed E-state index contributed by atoms with van der Waals surface area (Å²) in [6, 6.07) is 12.1. The van der Waals surface area contributed by atoms with Crippen molar-refractivity contribution in [3.8, 4) is 11.5 Å². The summed E-state index contributed by atoms with van der Waals surface area (Å²) in [5, 5.41) is 0. The SMILES string of the molecule is CCN(C(=O)CCc1ccc2c(c1)OCCCO2)C(C)c1ccc(F)cc1. The van der Waals surface area contributed by atoms with Gasteiger partial charge in [-0.1, -0.05) is 18.2 Å². The summed E-state index contributed by atoms with van der Waals surface area (Å²) in [5.41, 5.74) is 1.99. The Hall–Kier alpha value is -2.56. The monoisotopic (exact) mass is 371 g/mol. The Kier molecular flexibility index (Phi) is 6.32. The molecule has 0 saturated heterocycles. The van der Waals surface area contributed by atoms with Crippen molar-refractivity contribution >= 4 is 5.91 Å². The molecule has 1 aliphatic heterocycles. The Morgan fingerprint density at radius 1 is 1.11 bits per heavy atom. The van der Waals surface area contributed by atoms with Crippen molar-refractivity contribution in [2.24, 2.45) is 0 Å². The number of rotatable bonds is 6. The molecular weight excluding hydrogens is 345 g/mol. The van der Waals surface area contributed by atoms with Crippen LogP contribution in [0, 0.1) is 5.82 Å². The van der Waals surface area contributed by atoms with Crippen molar-refractivity contribution in [1.82, 2.24) is 4.90 Å². The quantitative estimate of drug-likeness (QED) is 0.749. The molecular formula is C22H26FNO3. The van der Waals surface area contributed by atoms with E-state index in [1.807, 2.05) is 36.9 Å². The predicted octanol–water partition coefficient (Wildman–Crippen LogP) is 4.53. The standard InChI is InChI=1S/C22H26FNO3/c1-3-24(16(2)18-7-9-19(23)10-8-18)22(25)12-6-17-5-11-20-21(15-17)27-14-4-13-26-20/h5,7-11,15-16H,3-4,6,12-14H2,1-2H3. The highest BCUT2D eigenvalue weighted by molar-refractivity contribution is 5.77. The van der Waals surface area contributed by atoms with Gasteiger partial charge in [-0.15, -0.1) is 0 Å². The molecule has 27 heavy (non-hydrogen) atoms. The molecule has 0 saturated carbocycles. The predicted molar refractivity (Wildman–Crippen MR) is 103 cm³/mol. The van der Waals surface area contributed by atoms with Gasteiger partial charge in [-0.3, -0.25) is 4.79 Å². The van der Waals surface area contributed by atoms with Gasteiger partial charge in [0.05, 0.1) is 19.3 Å². The lowest BCUT2D eigenvalue weighted by Gasteiger charge is -2.28. The molecule has 0 N–H and O–H groups in total. The molecule has 1 atom stereocenters. The minimum absolute atomic E-state index is 0.0847. The smallest absolute Gasteiger partial charge is 0.223 e. The van der Waals surface area contributed by atoms with Gasteiger partial charge in [0.25, 0.3) is 0 Å². The fourth-order valence-electron chi connectivity index (χ4n) is 3.35. The number of aryl methyl sites for hydroxylation is 1. The lowest BCUT2D eigenvalue weighted by Crippen LogP contribution is -2.33. The molecule has 0 spiro atoms. The van der Waals surface area contributed by atoms with Crippen LogP contribution in [-0.4, -0.2) is 30.6 Å². The lowest BCUT2D eigenvalue weighted by molar-refractivity contribution is -0.133. The normalized spacial score (nSPS) is 14.3. The summed E-state index contributed by atoms with van der Waals surface area (Å²) in [5.74, 6) is 1.34. The number of nitrogens with zero attached hydrogens (tertiary/aromatic N) is 1. The number of ether oxygens (including phenoxy) is 2. The van der Waals surface area contributed by atoms with Crippen LogP contribution in [0.5, 0.6) is 11.5 Å². The molecule has 144 valence electrons. The van der Waals surface area contributed by atoms with Gasteiger partial charge in [0.2, 0.25) is 5.91 Å². The minimum atomic E-state index is -0.269. The highest BCUT2D eigenvalue weighted by atomic mass is 19.1. The fourth-order valence-corrected chi connectivity index (χ4v) is 3.35. The minimum Gasteiger partial charge on any atom is -0.490 e. The third-order valence-corrected chi connectivity index (χ3v) is 4.92. The average molecular weight is 371 g/mol. The van der Waals surface area contributed by atoms with E-state index in [1.54, 1.807) is 12.1 Å². The van der Waals surface area contributed by atoms with Gasteiger partial charge in [0, 0.05) is 19.4 Å². The van der Waals surface area contributed by atoms with Crippen LogP contribution in [0.25, 0.3) is 0 Å². The van der Waals surface area contributed by atoms with Crippen molar-refractivity contribution in [3.63, 3.8) is 0 Å². The third kappa shape index (κ3) is 4.79. The Bertz CT molecular complexity index is 776. The van der Waals surface area contributed by atoms with Crippen LogP contribution in [0.4, 0.5) is 4.39 Å². The van der Waals surface area contributed by atoms with E-state index in [1.165, 1.54) is 12.1 Å². The topological polar surface area (TPSA) is 38.8 Å². The lowest BCUT2D eigenvalue weighted by atomic mass is 10.0. The molecule has 2 aromatic rings. The van der Waals surface area contributed by atoms with Crippen LogP contribution >= 0.6 is 0 Å². The van der Waals surface area contributed by atoms with E-state index >= 15 is 0 Å². The molecule has 1 unspecified atom stereocenters. The van der Waals surface area contributed by atoms with Gasteiger partial charge in [0.1, 0.15) is 5.82 Å². The number of halogens is 1. The fraction of sp³-hybridized carbons (Fsp3) is 0.409. The molecule has 0 radical (unpaired) electrons. The highest BCUT2D eigenvalue weighted by Gasteiger charge is 2.20. The Morgan fingerprint density at radius 3 is 2.52 bits per heavy atom. The molecule has 1 amide bonds. The van der Waals surface area contributed by atoms with Crippen molar-refractivity contribution < 1.29 is 18.7 Å². The van der Waals surface area contributed by atoms with Gasteiger partial charge in [0.15, 0.2) is 11.5 Å². The highest BCUT2D eigenvalue weighted by Crippen LogP contribution is 2.31. The Morgan fingerprint density at radius 2 is 1.81 bits per heavy atom. The largest absolute Gasteiger partial charge is 0.490 e. The number of carbonyl (C=O) groups is 1. The zero-order valence-electron chi connectivity index (χ0n) is 15.9. The second-order valence-electron chi connectivity index (χ2n) is 6.74. The maximum absolute atomic E-state index is 13.1. The maximum atomic E-state index is 13.1. The van der Waals surface area contributed by atoms with Gasteiger partial charge in [-0.2, -0.15) is 0 Å². The molecule has 1 heterocycles. The van der Waals surface area contributed by atoms with E-state index < -0.39 is 0 Å². The number of hydrogen-bond donors (Lipinski definition) is 0. The molecule has 3 rings (SSSR count). The molecule has 0 aliphatic carbocycles. The van der Waals surface area contributed by atoms with Crippen molar-refractivity contribution in [1.29, 1.82) is 0 Å². The van der Waals surface area contributed by atoms with Crippen LogP contribution in [0.2, 0.25) is 0 Å². The molecule has 2 aromatic carbocycles.